The molecule has 0 saturated heterocycles. The van der Waals surface area contributed by atoms with Crippen molar-refractivity contribution in [1.82, 2.24) is 0 Å². The van der Waals surface area contributed by atoms with E-state index in [4.69, 9.17) is 9.29 Å². The summed E-state index contributed by atoms with van der Waals surface area (Å²) in [5, 5.41) is 0. The van der Waals surface area contributed by atoms with E-state index in [1.165, 1.54) is 64.7 Å². The van der Waals surface area contributed by atoms with Crippen LogP contribution in [-0.4, -0.2) is 59.6 Å². The van der Waals surface area contributed by atoms with E-state index in [9.17, 15) is 13.2 Å². The van der Waals surface area contributed by atoms with Crippen LogP contribution in [0.2, 0.25) is 3.17 Å². The fourth-order valence-electron chi connectivity index (χ4n) is 3.08. The summed E-state index contributed by atoms with van der Waals surface area (Å²) in [6.07, 6.45) is 19.2. The van der Waals surface area contributed by atoms with Crippen molar-refractivity contribution in [3.8, 4) is 0 Å². The number of hydrogen-bond donors (Lipinski definition) is 1. The van der Waals surface area contributed by atoms with Gasteiger partial charge < -0.3 is 0 Å². The Balaban J connectivity index is 3.58. The Morgan fingerprint density at radius 2 is 1.55 bits per heavy atom. The van der Waals surface area contributed by atoms with Crippen molar-refractivity contribution in [1.29, 1.82) is 0 Å². The van der Waals surface area contributed by atoms with Gasteiger partial charge in [0.1, 0.15) is 0 Å². The molecule has 8 heteroatoms. The van der Waals surface area contributed by atoms with Gasteiger partial charge in [-0.25, -0.2) is 0 Å². The predicted octanol–water partition coefficient (Wildman–Crippen LogP) is 5.34. The van der Waals surface area contributed by atoms with Crippen LogP contribution in [0.1, 0.15) is 97.3 Å². The van der Waals surface area contributed by atoms with E-state index in [2.05, 4.69) is 23.3 Å². The van der Waals surface area contributed by atoms with Crippen molar-refractivity contribution in [3.05, 3.63) is 12.2 Å². The number of esters is 1. The summed E-state index contributed by atoms with van der Waals surface area (Å²) >= 11 is 0.922. The molecule has 0 aromatic heterocycles. The van der Waals surface area contributed by atoms with Crippen molar-refractivity contribution in [3.63, 3.8) is 0 Å². The monoisotopic (exact) mass is 442 g/mol. The zero-order valence-corrected chi connectivity index (χ0v) is 21.4. The molecule has 2 atom stereocenters. The van der Waals surface area contributed by atoms with Crippen LogP contribution in [0, 0.1) is 0 Å². The summed E-state index contributed by atoms with van der Waals surface area (Å²) in [7, 11) is -4.50. The van der Waals surface area contributed by atoms with Crippen molar-refractivity contribution < 1.29 is 26.7 Å². The first-order valence-corrected chi connectivity index (χ1v) is 13.7. The molecular formula is C21H39NaO6S. The van der Waals surface area contributed by atoms with Gasteiger partial charge in [0.2, 0.25) is 0 Å². The van der Waals surface area contributed by atoms with Crippen LogP contribution in [0.25, 0.3) is 0 Å². The molecule has 1 N–H and O–H groups in total. The molecule has 0 amide bonds. The normalized spacial score (nSPS) is 14.2. The van der Waals surface area contributed by atoms with Crippen LogP contribution >= 0.6 is 0 Å². The molecule has 166 valence electrons. The first kappa shape index (κ1) is 29.1. The molecule has 0 saturated carbocycles. The molecule has 0 aliphatic carbocycles. The van der Waals surface area contributed by atoms with Gasteiger partial charge in [-0.2, -0.15) is 0 Å². The Bertz CT molecular complexity index is 535. The van der Waals surface area contributed by atoms with Crippen LogP contribution < -0.4 is 0 Å². The number of allylic oxidation sites excluding steroid dienone is 2. The zero-order chi connectivity index (χ0) is 22.0. The Morgan fingerprint density at radius 3 is 2.14 bits per heavy atom. The van der Waals surface area contributed by atoms with Crippen LogP contribution in [-0.2, 0) is 24.1 Å². The summed E-state index contributed by atoms with van der Waals surface area (Å²) < 4.78 is 39.2. The average Bonchev–Trinajstić information content (AvgIpc) is 2.63. The molecule has 0 aromatic carbocycles. The SMILES string of the molecule is CCCCCCCC/C=C\CCCCC[CH]([Na])CC(=O)OC(C)COS(=O)(=O)O. The van der Waals surface area contributed by atoms with E-state index in [-0.39, 0.29) is 12.6 Å². The van der Waals surface area contributed by atoms with Crippen molar-refractivity contribution >= 4 is 44.3 Å². The van der Waals surface area contributed by atoms with E-state index >= 15 is 0 Å². The summed E-state index contributed by atoms with van der Waals surface area (Å²) in [6, 6.07) is 0. The number of rotatable bonds is 19. The van der Waals surface area contributed by atoms with E-state index in [1.54, 1.807) is 0 Å². The minimum absolute atomic E-state index is 0.339. The van der Waals surface area contributed by atoms with Gasteiger partial charge in [-0.05, 0) is 0 Å². The Morgan fingerprint density at radius 1 is 1.00 bits per heavy atom. The molecule has 0 spiro atoms. The molecule has 0 fully saturated rings. The fraction of sp³-hybridized carbons (Fsp3) is 0.857. The van der Waals surface area contributed by atoms with Gasteiger partial charge in [0.05, 0.1) is 0 Å². The molecule has 29 heavy (non-hydrogen) atoms. The summed E-state index contributed by atoms with van der Waals surface area (Å²) in [5.41, 5.74) is 0. The molecule has 6 nitrogen and oxygen atoms in total. The Labute approximate surface area is 195 Å². The molecule has 2 unspecified atom stereocenters. The number of unbranched alkanes of at least 4 members (excludes halogenated alkanes) is 9. The first-order valence-electron chi connectivity index (χ1n) is 11.2. The third-order valence-electron chi connectivity index (χ3n) is 4.76. The Hall–Kier alpha value is 0.0800. The van der Waals surface area contributed by atoms with Gasteiger partial charge in [-0.3, -0.25) is 0 Å². The van der Waals surface area contributed by atoms with Crippen LogP contribution in [0.3, 0.4) is 0 Å². The number of hydrogen-bond acceptors (Lipinski definition) is 5. The van der Waals surface area contributed by atoms with Crippen LogP contribution in [0.15, 0.2) is 12.2 Å². The van der Waals surface area contributed by atoms with E-state index in [1.807, 2.05) is 0 Å². The molecule has 0 radical (unpaired) electrons. The maximum atomic E-state index is 11.8. The molecule has 0 heterocycles. The second-order valence-electron chi connectivity index (χ2n) is 7.99. The topological polar surface area (TPSA) is 89.9 Å². The second kappa shape index (κ2) is 18.8. The molecular weight excluding hydrogens is 403 g/mol. The summed E-state index contributed by atoms with van der Waals surface area (Å²) in [5.74, 6) is -0.339. The molecule has 0 bridgehead atoms. The molecule has 0 aromatic rings. The minimum atomic E-state index is -4.50. The Kier molecular flexibility index (Phi) is 18.9. The van der Waals surface area contributed by atoms with Gasteiger partial charge in [-0.15, -0.1) is 0 Å². The van der Waals surface area contributed by atoms with Crippen molar-refractivity contribution in [2.45, 2.75) is 107 Å². The van der Waals surface area contributed by atoms with Gasteiger partial charge in [0, 0.05) is 0 Å². The van der Waals surface area contributed by atoms with Gasteiger partial charge in [0.25, 0.3) is 0 Å². The van der Waals surface area contributed by atoms with E-state index in [0.29, 0.717) is 9.59 Å². The standard InChI is InChI=1S/C21H39O6S.Na/c1-3-4-5-6-7-8-9-10-11-12-13-14-15-16-17-18-21(22)27-20(2)19-26-28(23,24)25;/h10-11,17,20H,3-9,12-16,18-19H2,1-2H3,(H,23,24,25);/b11-10-;. The fourth-order valence-corrected chi connectivity index (χ4v) is 4.19. The van der Waals surface area contributed by atoms with Crippen LogP contribution in [0.4, 0.5) is 0 Å². The summed E-state index contributed by atoms with van der Waals surface area (Å²) in [6.45, 7) is 3.41. The maximum absolute atomic E-state index is 11.8. The summed E-state index contributed by atoms with van der Waals surface area (Å²) in [4.78, 5) is 11.8. The quantitative estimate of drug-likeness (QED) is 0.0954. The molecule has 0 rings (SSSR count). The van der Waals surface area contributed by atoms with Gasteiger partial charge in [-0.1, -0.05) is 26.2 Å². The third-order valence-corrected chi connectivity index (χ3v) is 6.18. The molecule has 0 aliphatic rings. The van der Waals surface area contributed by atoms with Crippen LogP contribution in [0.5, 0.6) is 0 Å². The first-order chi connectivity index (χ1) is 13.7. The van der Waals surface area contributed by atoms with Crippen molar-refractivity contribution in [2.24, 2.45) is 0 Å². The average molecular weight is 443 g/mol. The van der Waals surface area contributed by atoms with Gasteiger partial charge in [0.15, 0.2) is 0 Å². The van der Waals surface area contributed by atoms with E-state index < -0.39 is 16.5 Å². The second-order valence-corrected chi connectivity index (χ2v) is 10.7. The number of ether oxygens (including phenoxy) is 1. The zero-order valence-electron chi connectivity index (χ0n) is 18.6. The third kappa shape index (κ3) is 22.6. The van der Waals surface area contributed by atoms with E-state index in [0.717, 1.165) is 47.2 Å². The van der Waals surface area contributed by atoms with Crippen molar-refractivity contribution in [2.75, 3.05) is 6.61 Å². The predicted molar refractivity (Wildman–Crippen MR) is 117 cm³/mol. The number of carbonyl (C=O) groups excluding carboxylic acids is 1. The molecule has 0 aliphatic heterocycles. The van der Waals surface area contributed by atoms with Gasteiger partial charge >= 0.3 is 170 Å². The number of carbonyl (C=O) groups is 1.